The van der Waals surface area contributed by atoms with E-state index in [2.05, 4.69) is 40.0 Å². The van der Waals surface area contributed by atoms with Crippen LogP contribution in [0.1, 0.15) is 24.8 Å². The average molecular weight is 566 g/mol. The lowest BCUT2D eigenvalue weighted by Gasteiger charge is -2.35. The number of anilines is 3. The number of H-pyrrole nitrogens is 1. The van der Waals surface area contributed by atoms with Crippen LogP contribution < -0.4 is 10.2 Å². The van der Waals surface area contributed by atoms with Crippen molar-refractivity contribution in [2.45, 2.75) is 32.0 Å². The molecule has 0 radical (unpaired) electrons. The highest BCUT2D eigenvalue weighted by Gasteiger charge is 2.34. The summed E-state index contributed by atoms with van der Waals surface area (Å²) in [6.07, 6.45) is -0.213. The van der Waals surface area contributed by atoms with Crippen molar-refractivity contribution < 1.29 is 18.0 Å². The van der Waals surface area contributed by atoms with Gasteiger partial charge in [0.15, 0.2) is 0 Å². The molecule has 6 rings (SSSR count). The molecule has 5 heterocycles. The van der Waals surface area contributed by atoms with Gasteiger partial charge >= 0.3 is 6.18 Å². The molecule has 2 aliphatic rings. The number of nitrogens with one attached hydrogen (secondary N) is 2. The number of carbonyl (C=O) groups is 1. The summed E-state index contributed by atoms with van der Waals surface area (Å²) in [5.41, 5.74) is 4.48. The maximum Gasteiger partial charge on any atom is 0.397 e. The average Bonchev–Trinajstić information content (AvgIpc) is 3.63. The van der Waals surface area contributed by atoms with Gasteiger partial charge in [0.1, 0.15) is 24.4 Å². The number of hydrogen-bond acceptors (Lipinski definition) is 8. The van der Waals surface area contributed by atoms with Gasteiger partial charge in [-0.3, -0.25) is 9.69 Å². The minimum atomic E-state index is -4.48. The van der Waals surface area contributed by atoms with Crippen molar-refractivity contribution in [2.24, 2.45) is 0 Å². The van der Waals surface area contributed by atoms with Gasteiger partial charge in [-0.25, -0.2) is 19.9 Å². The molecule has 41 heavy (non-hydrogen) atoms. The zero-order valence-corrected chi connectivity index (χ0v) is 22.4. The second-order valence-corrected chi connectivity index (χ2v) is 10.4. The van der Waals surface area contributed by atoms with Crippen molar-refractivity contribution in [1.82, 2.24) is 34.7 Å². The highest BCUT2D eigenvalue weighted by atomic mass is 19.4. The molecule has 0 aliphatic carbocycles. The number of aromatic amines is 1. The molecule has 2 saturated heterocycles. The molecule has 4 aromatic rings. The third-order valence-electron chi connectivity index (χ3n) is 7.41. The molecule has 1 amide bonds. The number of imidazole rings is 1. The standard InChI is InChI=1S/C28H30F3N9O/c29-28(30,31)16-26(41)40-11-9-38(10-12-40)17-19-5-6-32-24(13-19)37-27-35-21-4-3-20(14-23(21)36-27)22-15-25(34-18-33-22)39-7-1-2-8-39/h3-6,13-15,18H,1-2,7-12,16-17H2,(H2,32,35,36,37). The van der Waals surface area contributed by atoms with Crippen LogP contribution in [0.5, 0.6) is 0 Å². The molecular formula is C28H30F3N9O. The Labute approximate surface area is 234 Å². The summed E-state index contributed by atoms with van der Waals surface area (Å²) in [5, 5.41) is 3.23. The molecule has 3 aromatic heterocycles. The normalized spacial score (nSPS) is 16.5. The Kier molecular flexibility index (Phi) is 7.43. The first-order valence-corrected chi connectivity index (χ1v) is 13.6. The van der Waals surface area contributed by atoms with Crippen molar-refractivity contribution >= 4 is 34.5 Å². The van der Waals surface area contributed by atoms with E-state index in [0.29, 0.717) is 31.4 Å². The van der Waals surface area contributed by atoms with Crippen LogP contribution in [0.3, 0.4) is 0 Å². The maximum atomic E-state index is 12.5. The molecule has 0 bridgehead atoms. The number of amides is 1. The predicted molar refractivity (Wildman–Crippen MR) is 149 cm³/mol. The molecule has 13 heteroatoms. The lowest BCUT2D eigenvalue weighted by molar-refractivity contribution is -0.162. The predicted octanol–water partition coefficient (Wildman–Crippen LogP) is 4.36. The first-order valence-electron chi connectivity index (χ1n) is 13.6. The molecule has 2 aliphatic heterocycles. The van der Waals surface area contributed by atoms with Crippen LogP contribution in [-0.4, -0.2) is 86.1 Å². The number of nitrogens with zero attached hydrogens (tertiary/aromatic N) is 7. The highest BCUT2D eigenvalue weighted by Crippen LogP contribution is 2.27. The van der Waals surface area contributed by atoms with Crippen molar-refractivity contribution in [3.63, 3.8) is 0 Å². The molecule has 10 nitrogen and oxygen atoms in total. The van der Waals surface area contributed by atoms with Gasteiger partial charge in [0.05, 0.1) is 16.7 Å². The summed E-state index contributed by atoms with van der Waals surface area (Å²) in [6.45, 7) is 4.20. The minimum absolute atomic E-state index is 0.278. The third-order valence-corrected chi connectivity index (χ3v) is 7.41. The van der Waals surface area contributed by atoms with Crippen LogP contribution in [0.25, 0.3) is 22.3 Å². The number of benzene rings is 1. The molecule has 2 N–H and O–H groups in total. The van der Waals surface area contributed by atoms with Gasteiger partial charge in [-0.15, -0.1) is 0 Å². The zero-order chi connectivity index (χ0) is 28.4. The Hall–Kier alpha value is -4.26. The molecule has 0 unspecified atom stereocenters. The Morgan fingerprint density at radius 3 is 2.54 bits per heavy atom. The van der Waals surface area contributed by atoms with Gasteiger partial charge < -0.3 is 20.1 Å². The highest BCUT2D eigenvalue weighted by molar-refractivity contribution is 5.83. The number of aromatic nitrogens is 5. The van der Waals surface area contributed by atoms with E-state index in [1.54, 1.807) is 12.5 Å². The van der Waals surface area contributed by atoms with E-state index >= 15 is 0 Å². The quantitative estimate of drug-likeness (QED) is 0.341. The third kappa shape index (κ3) is 6.56. The number of piperazine rings is 1. The molecule has 2 fully saturated rings. The molecular weight excluding hydrogens is 535 g/mol. The summed E-state index contributed by atoms with van der Waals surface area (Å²) in [5.74, 6) is 1.25. The monoisotopic (exact) mass is 565 g/mol. The van der Waals surface area contributed by atoms with E-state index in [1.165, 1.54) is 17.7 Å². The van der Waals surface area contributed by atoms with E-state index in [0.717, 1.165) is 46.8 Å². The summed E-state index contributed by atoms with van der Waals surface area (Å²) >= 11 is 0. The molecule has 214 valence electrons. The Bertz CT molecular complexity index is 1530. The van der Waals surface area contributed by atoms with Crippen molar-refractivity contribution in [2.75, 3.05) is 49.5 Å². The van der Waals surface area contributed by atoms with Crippen LogP contribution in [0, 0.1) is 0 Å². The number of fused-ring (bicyclic) bond motifs is 1. The number of pyridine rings is 1. The van der Waals surface area contributed by atoms with Crippen molar-refractivity contribution in [1.29, 1.82) is 0 Å². The number of rotatable bonds is 7. The van der Waals surface area contributed by atoms with Gasteiger partial charge in [0.25, 0.3) is 0 Å². The largest absolute Gasteiger partial charge is 0.397 e. The lowest BCUT2D eigenvalue weighted by Crippen LogP contribution is -2.49. The van der Waals surface area contributed by atoms with E-state index in [1.807, 2.05) is 36.4 Å². The van der Waals surface area contributed by atoms with Crippen LogP contribution in [0.4, 0.5) is 30.8 Å². The van der Waals surface area contributed by atoms with Gasteiger partial charge in [-0.05, 0) is 42.7 Å². The zero-order valence-electron chi connectivity index (χ0n) is 22.4. The number of hydrogen-bond donors (Lipinski definition) is 2. The molecule has 0 atom stereocenters. The van der Waals surface area contributed by atoms with Crippen molar-refractivity contribution in [3.8, 4) is 11.3 Å². The van der Waals surface area contributed by atoms with E-state index in [4.69, 9.17) is 0 Å². The summed E-state index contributed by atoms with van der Waals surface area (Å²) < 4.78 is 37.6. The van der Waals surface area contributed by atoms with Crippen LogP contribution in [0.2, 0.25) is 0 Å². The second kappa shape index (κ2) is 11.3. The first-order chi connectivity index (χ1) is 19.8. The number of halogens is 3. The Balaban J connectivity index is 1.09. The smallest absolute Gasteiger partial charge is 0.357 e. The maximum absolute atomic E-state index is 12.5. The summed E-state index contributed by atoms with van der Waals surface area (Å²) in [4.78, 5) is 38.8. The summed E-state index contributed by atoms with van der Waals surface area (Å²) in [7, 11) is 0. The van der Waals surface area contributed by atoms with Gasteiger partial charge in [0.2, 0.25) is 11.9 Å². The van der Waals surface area contributed by atoms with Crippen LogP contribution in [-0.2, 0) is 11.3 Å². The van der Waals surface area contributed by atoms with Gasteiger partial charge in [-0.2, -0.15) is 13.2 Å². The number of alkyl halides is 3. The Morgan fingerprint density at radius 2 is 1.76 bits per heavy atom. The fourth-order valence-electron chi connectivity index (χ4n) is 5.31. The van der Waals surface area contributed by atoms with E-state index in [-0.39, 0.29) is 13.1 Å². The van der Waals surface area contributed by atoms with Gasteiger partial charge in [-0.1, -0.05) is 6.07 Å². The van der Waals surface area contributed by atoms with Crippen LogP contribution >= 0.6 is 0 Å². The van der Waals surface area contributed by atoms with E-state index < -0.39 is 18.5 Å². The summed E-state index contributed by atoms with van der Waals surface area (Å²) in [6, 6.07) is 11.8. The van der Waals surface area contributed by atoms with Gasteiger partial charge in [0, 0.05) is 63.6 Å². The SMILES string of the molecule is O=C(CC(F)(F)F)N1CCN(Cc2ccnc(Nc3nc4ccc(-c5cc(N6CCCC6)ncn5)cc4[nH]3)c2)CC1. The second-order valence-electron chi connectivity index (χ2n) is 10.4. The molecule has 0 spiro atoms. The fourth-order valence-corrected chi connectivity index (χ4v) is 5.31. The Morgan fingerprint density at radius 1 is 0.951 bits per heavy atom. The lowest BCUT2D eigenvalue weighted by atomic mass is 10.1. The number of carbonyl (C=O) groups excluding carboxylic acids is 1. The first kappa shape index (κ1) is 26.9. The topological polar surface area (TPSA) is 106 Å². The minimum Gasteiger partial charge on any atom is -0.357 e. The van der Waals surface area contributed by atoms with E-state index in [9.17, 15) is 18.0 Å². The molecule has 1 aromatic carbocycles. The fraction of sp³-hybridized carbons (Fsp3) is 0.393. The van der Waals surface area contributed by atoms with Crippen LogP contribution in [0.15, 0.2) is 48.9 Å². The van der Waals surface area contributed by atoms with Crippen molar-refractivity contribution in [3.05, 3.63) is 54.5 Å². The molecule has 0 saturated carbocycles.